The predicted octanol–water partition coefficient (Wildman–Crippen LogP) is 3.55. The van der Waals surface area contributed by atoms with Crippen molar-refractivity contribution in [2.45, 2.75) is 13.5 Å². The van der Waals surface area contributed by atoms with Gasteiger partial charge in [0.2, 0.25) is 0 Å². The highest BCUT2D eigenvalue weighted by atomic mass is 35.5. The van der Waals surface area contributed by atoms with Crippen molar-refractivity contribution in [1.29, 1.82) is 5.26 Å². The van der Waals surface area contributed by atoms with Crippen LogP contribution < -0.4 is 4.90 Å². The molecule has 2 rings (SSSR count). The molecule has 4 heteroatoms. The van der Waals surface area contributed by atoms with Gasteiger partial charge in [-0.05, 0) is 30.2 Å². The Kier molecular flexibility index (Phi) is 4.03. The minimum Gasteiger partial charge on any atom is -0.355 e. The molecule has 3 nitrogen and oxygen atoms in total. The summed E-state index contributed by atoms with van der Waals surface area (Å²) in [6.45, 7) is 2.81. The molecule has 0 saturated carbocycles. The molecule has 1 heterocycles. The molecule has 0 saturated heterocycles. The molecule has 0 fully saturated rings. The van der Waals surface area contributed by atoms with E-state index in [1.807, 2.05) is 24.1 Å². The molecule has 0 unspecified atom stereocenters. The lowest BCUT2D eigenvalue weighted by molar-refractivity contribution is 0.890. The van der Waals surface area contributed by atoms with Gasteiger partial charge in [0, 0.05) is 13.6 Å². The Bertz CT molecular complexity index is 632. The van der Waals surface area contributed by atoms with Crippen molar-refractivity contribution in [1.82, 2.24) is 4.98 Å². The van der Waals surface area contributed by atoms with Crippen LogP contribution in [0.3, 0.4) is 0 Å². The van der Waals surface area contributed by atoms with E-state index in [4.69, 9.17) is 16.9 Å². The number of aryl methyl sites for hydroxylation is 1. The normalized spacial score (nSPS) is 10.0. The second-order valence-electron chi connectivity index (χ2n) is 4.43. The molecule has 0 bridgehead atoms. The maximum absolute atomic E-state index is 8.95. The van der Waals surface area contributed by atoms with Crippen molar-refractivity contribution in [2.75, 3.05) is 11.9 Å². The largest absolute Gasteiger partial charge is 0.355 e. The number of rotatable bonds is 3. The molecule has 1 aromatic heterocycles. The van der Waals surface area contributed by atoms with Gasteiger partial charge in [0.15, 0.2) is 0 Å². The maximum atomic E-state index is 8.95. The van der Waals surface area contributed by atoms with Gasteiger partial charge >= 0.3 is 0 Å². The Balaban J connectivity index is 2.26. The van der Waals surface area contributed by atoms with E-state index in [1.54, 1.807) is 12.1 Å². The highest BCUT2D eigenvalue weighted by Gasteiger charge is 2.08. The summed E-state index contributed by atoms with van der Waals surface area (Å²) >= 11 is 5.92. The fraction of sp³-hybridized carbons (Fsp3) is 0.200. The van der Waals surface area contributed by atoms with Gasteiger partial charge in [0.25, 0.3) is 0 Å². The highest BCUT2D eigenvalue weighted by molar-refractivity contribution is 6.29. The smallest absolute Gasteiger partial charge is 0.132 e. The third-order valence-electron chi connectivity index (χ3n) is 2.97. The van der Waals surface area contributed by atoms with E-state index in [1.165, 1.54) is 11.1 Å². The molecular weight excluding hydrogens is 258 g/mol. The standard InChI is InChI=1S/C15H14ClN3/c1-11-5-3-4-6-13(11)10-19(2)15-8-12(9-17)7-14(16)18-15/h3-8H,10H2,1-2H3. The lowest BCUT2D eigenvalue weighted by atomic mass is 10.1. The molecule has 0 atom stereocenters. The molecular formula is C15H14ClN3. The van der Waals surface area contributed by atoms with Gasteiger partial charge in [0.1, 0.15) is 11.0 Å². The Morgan fingerprint density at radius 2 is 2.05 bits per heavy atom. The average molecular weight is 272 g/mol. The number of nitrogens with zero attached hydrogens (tertiary/aromatic N) is 3. The van der Waals surface area contributed by atoms with E-state index in [9.17, 15) is 0 Å². The first-order valence-corrected chi connectivity index (χ1v) is 6.31. The van der Waals surface area contributed by atoms with Crippen LogP contribution in [0.25, 0.3) is 0 Å². The zero-order valence-corrected chi connectivity index (χ0v) is 11.6. The number of hydrogen-bond donors (Lipinski definition) is 0. The van der Waals surface area contributed by atoms with Gasteiger partial charge in [-0.2, -0.15) is 5.26 Å². The second kappa shape index (κ2) is 5.73. The lowest BCUT2D eigenvalue weighted by Gasteiger charge is -2.19. The minimum absolute atomic E-state index is 0.339. The van der Waals surface area contributed by atoms with Crippen LogP contribution in [0.15, 0.2) is 36.4 Å². The van der Waals surface area contributed by atoms with Crippen molar-refractivity contribution < 1.29 is 0 Å². The SMILES string of the molecule is Cc1ccccc1CN(C)c1cc(C#N)cc(Cl)n1. The summed E-state index contributed by atoms with van der Waals surface area (Å²) < 4.78 is 0. The molecule has 0 amide bonds. The molecule has 96 valence electrons. The van der Waals surface area contributed by atoms with E-state index < -0.39 is 0 Å². The number of anilines is 1. The van der Waals surface area contributed by atoms with Crippen LogP contribution in [0.5, 0.6) is 0 Å². The van der Waals surface area contributed by atoms with Crippen LogP contribution >= 0.6 is 11.6 Å². The molecule has 19 heavy (non-hydrogen) atoms. The third kappa shape index (κ3) is 3.24. The van der Waals surface area contributed by atoms with Crippen molar-refractivity contribution in [3.05, 3.63) is 58.2 Å². The van der Waals surface area contributed by atoms with Crippen molar-refractivity contribution in [3.63, 3.8) is 0 Å². The molecule has 0 N–H and O–H groups in total. The molecule has 0 aliphatic heterocycles. The fourth-order valence-electron chi connectivity index (χ4n) is 1.87. The Morgan fingerprint density at radius 1 is 1.32 bits per heavy atom. The van der Waals surface area contributed by atoms with E-state index >= 15 is 0 Å². The summed E-state index contributed by atoms with van der Waals surface area (Å²) in [6, 6.07) is 13.6. The quantitative estimate of drug-likeness (QED) is 0.802. The molecule has 0 spiro atoms. The number of benzene rings is 1. The predicted molar refractivity (Wildman–Crippen MR) is 77.2 cm³/mol. The first-order chi connectivity index (χ1) is 9.10. The first-order valence-electron chi connectivity index (χ1n) is 5.93. The Hall–Kier alpha value is -2.05. The Labute approximate surface area is 118 Å². The van der Waals surface area contributed by atoms with E-state index in [-0.39, 0.29) is 0 Å². The highest BCUT2D eigenvalue weighted by Crippen LogP contribution is 2.19. The number of pyridine rings is 1. The van der Waals surface area contributed by atoms with Crippen LogP contribution in [0, 0.1) is 18.3 Å². The van der Waals surface area contributed by atoms with Crippen LogP contribution in [0.1, 0.15) is 16.7 Å². The van der Waals surface area contributed by atoms with Gasteiger partial charge in [0.05, 0.1) is 11.6 Å². The van der Waals surface area contributed by atoms with E-state index in [0.717, 1.165) is 6.54 Å². The molecule has 0 aliphatic carbocycles. The molecule has 0 aliphatic rings. The second-order valence-corrected chi connectivity index (χ2v) is 4.82. The minimum atomic E-state index is 0.339. The average Bonchev–Trinajstić information content (AvgIpc) is 2.40. The summed E-state index contributed by atoms with van der Waals surface area (Å²) in [5.74, 6) is 0.701. The number of hydrogen-bond acceptors (Lipinski definition) is 3. The van der Waals surface area contributed by atoms with Gasteiger partial charge in [-0.15, -0.1) is 0 Å². The zero-order chi connectivity index (χ0) is 13.8. The Morgan fingerprint density at radius 3 is 2.74 bits per heavy atom. The van der Waals surface area contributed by atoms with E-state index in [0.29, 0.717) is 16.5 Å². The topological polar surface area (TPSA) is 39.9 Å². The van der Waals surface area contributed by atoms with Crippen molar-refractivity contribution >= 4 is 17.4 Å². The van der Waals surface area contributed by atoms with E-state index in [2.05, 4.69) is 30.1 Å². The fourth-order valence-corrected chi connectivity index (χ4v) is 2.07. The third-order valence-corrected chi connectivity index (χ3v) is 3.16. The molecule has 0 radical (unpaired) electrons. The van der Waals surface area contributed by atoms with Crippen LogP contribution in [0.2, 0.25) is 5.15 Å². The summed E-state index contributed by atoms with van der Waals surface area (Å²) in [5, 5.41) is 9.29. The zero-order valence-electron chi connectivity index (χ0n) is 10.9. The molecule has 2 aromatic rings. The van der Waals surface area contributed by atoms with Gasteiger partial charge in [-0.3, -0.25) is 0 Å². The summed E-state index contributed by atoms with van der Waals surface area (Å²) in [4.78, 5) is 6.23. The summed E-state index contributed by atoms with van der Waals surface area (Å²) in [7, 11) is 1.94. The van der Waals surface area contributed by atoms with Crippen LogP contribution in [0.4, 0.5) is 5.82 Å². The number of aromatic nitrogens is 1. The summed E-state index contributed by atoms with van der Waals surface area (Å²) in [6.07, 6.45) is 0. The number of halogens is 1. The lowest BCUT2D eigenvalue weighted by Crippen LogP contribution is -2.18. The van der Waals surface area contributed by atoms with Gasteiger partial charge in [-0.1, -0.05) is 35.9 Å². The van der Waals surface area contributed by atoms with Crippen molar-refractivity contribution in [2.24, 2.45) is 0 Å². The van der Waals surface area contributed by atoms with Crippen LogP contribution in [-0.4, -0.2) is 12.0 Å². The van der Waals surface area contributed by atoms with Gasteiger partial charge in [-0.25, -0.2) is 4.98 Å². The molecule has 1 aromatic carbocycles. The first kappa shape index (κ1) is 13.4. The maximum Gasteiger partial charge on any atom is 0.132 e. The van der Waals surface area contributed by atoms with Crippen molar-refractivity contribution in [3.8, 4) is 6.07 Å². The monoisotopic (exact) mass is 271 g/mol. The summed E-state index contributed by atoms with van der Waals surface area (Å²) in [5.41, 5.74) is 2.98. The van der Waals surface area contributed by atoms with Gasteiger partial charge < -0.3 is 4.90 Å². The number of nitriles is 1. The van der Waals surface area contributed by atoms with Crippen LogP contribution in [-0.2, 0) is 6.54 Å².